The number of allylic oxidation sites excluding steroid dienone is 2. The summed E-state index contributed by atoms with van der Waals surface area (Å²) in [7, 11) is 0. The largest absolute Gasteiger partial charge is 0.511 e. The fraction of sp³-hybridized carbons (Fsp3) is 0.222. The van der Waals surface area contributed by atoms with E-state index in [9.17, 15) is 9.90 Å². The van der Waals surface area contributed by atoms with Crippen molar-refractivity contribution in [2.24, 2.45) is 4.99 Å². The predicted octanol–water partition coefficient (Wildman–Crippen LogP) is 4.10. The summed E-state index contributed by atoms with van der Waals surface area (Å²) >= 11 is 5.86. The van der Waals surface area contributed by atoms with Gasteiger partial charge in [-0.15, -0.1) is 0 Å². The maximum absolute atomic E-state index is 12.4. The van der Waals surface area contributed by atoms with Crippen molar-refractivity contribution in [1.82, 2.24) is 9.97 Å². The molecule has 0 bridgehead atoms. The Morgan fingerprint density at radius 2 is 2.00 bits per heavy atom. The smallest absolute Gasteiger partial charge is 0.250 e. The molecule has 1 aromatic heterocycles. The van der Waals surface area contributed by atoms with Crippen LogP contribution in [0.4, 0.5) is 5.95 Å². The molecule has 0 fully saturated rings. The van der Waals surface area contributed by atoms with Crippen LogP contribution in [-0.2, 0) is 4.79 Å². The summed E-state index contributed by atoms with van der Waals surface area (Å²) in [4.78, 5) is 24.5. The van der Waals surface area contributed by atoms with E-state index in [2.05, 4.69) is 15.0 Å². The summed E-state index contributed by atoms with van der Waals surface area (Å²) in [6, 6.07) is 11.3. The molecule has 1 aliphatic rings. The van der Waals surface area contributed by atoms with Crippen molar-refractivity contribution in [3.05, 3.63) is 64.1 Å². The third kappa shape index (κ3) is 3.68. The van der Waals surface area contributed by atoms with Gasteiger partial charge in [-0.2, -0.15) is 4.98 Å². The van der Waals surface area contributed by atoms with Gasteiger partial charge in [-0.1, -0.05) is 41.9 Å². The van der Waals surface area contributed by atoms with Crippen LogP contribution >= 0.6 is 11.6 Å². The van der Waals surface area contributed by atoms with Gasteiger partial charge in [0.05, 0.1) is 5.57 Å². The highest BCUT2D eigenvalue weighted by molar-refractivity contribution is 6.29. The van der Waals surface area contributed by atoms with Crippen LogP contribution in [0.1, 0.15) is 30.0 Å². The van der Waals surface area contributed by atoms with E-state index >= 15 is 0 Å². The zero-order chi connectivity index (χ0) is 17.1. The van der Waals surface area contributed by atoms with Crippen LogP contribution in [0.25, 0.3) is 0 Å². The van der Waals surface area contributed by atoms with E-state index in [0.717, 1.165) is 5.56 Å². The number of hydrogen-bond acceptors (Lipinski definition) is 5. The van der Waals surface area contributed by atoms with Crippen LogP contribution in [0.5, 0.6) is 0 Å². The molecule has 1 aliphatic carbocycles. The molecule has 2 aromatic rings. The number of carbonyl (C=O) groups is 1. The standard InChI is InChI=1S/C18H16ClN3O2/c1-11-7-17(19)22-18(21-11)20-10-14-15(23)8-13(9-16(14)24)12-5-3-2-4-6-12/h2-7,10,13,23H,8-9H2,1H3/b20-10+. The van der Waals surface area contributed by atoms with Gasteiger partial charge in [0.25, 0.3) is 5.95 Å². The molecule has 24 heavy (non-hydrogen) atoms. The second-order valence-corrected chi connectivity index (χ2v) is 6.08. The van der Waals surface area contributed by atoms with Crippen molar-refractivity contribution in [1.29, 1.82) is 0 Å². The zero-order valence-electron chi connectivity index (χ0n) is 13.1. The van der Waals surface area contributed by atoms with Gasteiger partial charge in [0, 0.05) is 24.8 Å². The van der Waals surface area contributed by atoms with Gasteiger partial charge in [-0.3, -0.25) is 4.79 Å². The van der Waals surface area contributed by atoms with Crippen molar-refractivity contribution < 1.29 is 9.90 Å². The molecule has 3 rings (SSSR count). The zero-order valence-corrected chi connectivity index (χ0v) is 13.9. The average molecular weight is 342 g/mol. The highest BCUT2D eigenvalue weighted by Crippen LogP contribution is 2.33. The second kappa shape index (κ2) is 6.93. The third-order valence-electron chi connectivity index (χ3n) is 3.87. The first kappa shape index (κ1) is 16.3. The quantitative estimate of drug-likeness (QED) is 0.673. The van der Waals surface area contributed by atoms with E-state index in [1.165, 1.54) is 6.21 Å². The van der Waals surface area contributed by atoms with Gasteiger partial charge >= 0.3 is 0 Å². The number of halogens is 1. The van der Waals surface area contributed by atoms with Crippen molar-refractivity contribution in [3.8, 4) is 0 Å². The van der Waals surface area contributed by atoms with E-state index < -0.39 is 0 Å². The summed E-state index contributed by atoms with van der Waals surface area (Å²) in [6.07, 6.45) is 2.07. The molecular formula is C18H16ClN3O2. The van der Waals surface area contributed by atoms with E-state index in [-0.39, 0.29) is 34.1 Å². The molecule has 6 heteroatoms. The Kier molecular flexibility index (Phi) is 4.71. The number of ketones is 1. The second-order valence-electron chi connectivity index (χ2n) is 5.69. The summed E-state index contributed by atoms with van der Waals surface area (Å²) in [5, 5.41) is 10.5. The van der Waals surface area contributed by atoms with Crippen molar-refractivity contribution in [2.45, 2.75) is 25.7 Å². The Morgan fingerprint density at radius 1 is 1.25 bits per heavy atom. The molecular weight excluding hydrogens is 326 g/mol. The molecule has 0 aliphatic heterocycles. The summed E-state index contributed by atoms with van der Waals surface area (Å²) < 4.78 is 0. The van der Waals surface area contributed by atoms with Crippen LogP contribution in [0.15, 0.2) is 52.7 Å². The topological polar surface area (TPSA) is 75.4 Å². The first-order valence-electron chi connectivity index (χ1n) is 7.58. The lowest BCUT2D eigenvalue weighted by Crippen LogP contribution is -2.19. The molecule has 0 amide bonds. The van der Waals surface area contributed by atoms with E-state index in [0.29, 0.717) is 18.5 Å². The highest BCUT2D eigenvalue weighted by Gasteiger charge is 2.27. The van der Waals surface area contributed by atoms with Crippen LogP contribution in [0, 0.1) is 6.92 Å². The number of rotatable bonds is 3. The van der Waals surface area contributed by atoms with Crippen molar-refractivity contribution in [2.75, 3.05) is 0 Å². The van der Waals surface area contributed by atoms with Gasteiger partial charge in [0.2, 0.25) is 0 Å². The Hall–Kier alpha value is -2.53. The number of aliphatic hydroxyl groups is 1. The lowest BCUT2D eigenvalue weighted by molar-refractivity contribution is -0.116. The molecule has 0 saturated heterocycles. The molecule has 1 heterocycles. The SMILES string of the molecule is Cc1cc(Cl)nc(/N=C/C2=C(O)CC(c3ccccc3)CC2=O)n1. The Balaban J connectivity index is 1.83. The highest BCUT2D eigenvalue weighted by atomic mass is 35.5. The summed E-state index contributed by atoms with van der Waals surface area (Å²) in [5.41, 5.74) is 1.94. The number of carbonyl (C=O) groups excluding carboxylic acids is 1. The molecule has 1 N–H and O–H groups in total. The van der Waals surface area contributed by atoms with Gasteiger partial charge < -0.3 is 5.11 Å². The van der Waals surface area contributed by atoms with Crippen molar-refractivity contribution in [3.63, 3.8) is 0 Å². The number of aryl methyl sites for hydroxylation is 1. The van der Waals surface area contributed by atoms with Gasteiger partial charge in [0.15, 0.2) is 5.78 Å². The number of aromatic nitrogens is 2. The van der Waals surface area contributed by atoms with Crippen LogP contribution in [-0.4, -0.2) is 27.1 Å². The van der Waals surface area contributed by atoms with Gasteiger partial charge in [-0.05, 0) is 24.5 Å². The van der Waals surface area contributed by atoms with Crippen molar-refractivity contribution >= 4 is 29.5 Å². The minimum atomic E-state index is -0.143. The average Bonchev–Trinajstić information content (AvgIpc) is 2.54. The van der Waals surface area contributed by atoms with E-state index in [1.54, 1.807) is 13.0 Å². The van der Waals surface area contributed by atoms with Gasteiger partial charge in [0.1, 0.15) is 10.9 Å². The maximum atomic E-state index is 12.4. The first-order chi connectivity index (χ1) is 11.5. The Bertz CT molecular complexity index is 811. The molecule has 0 saturated carbocycles. The number of Topliss-reactive ketones (excluding diaryl/α,β-unsaturated/α-hetero) is 1. The molecule has 1 unspecified atom stereocenters. The maximum Gasteiger partial charge on any atom is 0.250 e. The molecule has 0 spiro atoms. The third-order valence-corrected chi connectivity index (χ3v) is 4.07. The number of benzene rings is 1. The molecule has 5 nitrogen and oxygen atoms in total. The minimum absolute atomic E-state index is 0.0134. The van der Waals surface area contributed by atoms with Gasteiger partial charge in [-0.25, -0.2) is 9.98 Å². The fourth-order valence-electron chi connectivity index (χ4n) is 2.71. The van der Waals surface area contributed by atoms with Crippen LogP contribution < -0.4 is 0 Å². The molecule has 122 valence electrons. The fourth-order valence-corrected chi connectivity index (χ4v) is 2.95. The number of aliphatic imine (C=N–C) groups is 1. The summed E-state index contributed by atoms with van der Waals surface area (Å²) in [5.74, 6) is 0.0523. The summed E-state index contributed by atoms with van der Waals surface area (Å²) in [6.45, 7) is 1.78. The Labute approximate surface area is 144 Å². The lowest BCUT2D eigenvalue weighted by atomic mass is 9.83. The number of hydrogen-bond donors (Lipinski definition) is 1. The monoisotopic (exact) mass is 341 g/mol. The number of nitrogens with zero attached hydrogens (tertiary/aromatic N) is 3. The molecule has 1 atom stereocenters. The number of aliphatic hydroxyl groups excluding tert-OH is 1. The van der Waals surface area contributed by atoms with E-state index in [4.69, 9.17) is 11.6 Å². The van der Waals surface area contributed by atoms with Crippen LogP contribution in [0.2, 0.25) is 5.15 Å². The minimum Gasteiger partial charge on any atom is -0.511 e. The van der Waals surface area contributed by atoms with E-state index in [1.807, 2.05) is 30.3 Å². The predicted molar refractivity (Wildman–Crippen MR) is 93.0 cm³/mol. The molecule has 0 radical (unpaired) electrons. The van der Waals surface area contributed by atoms with Crippen LogP contribution in [0.3, 0.4) is 0 Å². The molecule has 1 aromatic carbocycles. The normalized spacial score (nSPS) is 18.4. The lowest BCUT2D eigenvalue weighted by Gasteiger charge is -2.22. The Morgan fingerprint density at radius 3 is 2.67 bits per heavy atom. The first-order valence-corrected chi connectivity index (χ1v) is 7.96.